The number of hydrogen-bond donors (Lipinski definition) is 0. The zero-order chi connectivity index (χ0) is 13.0. The summed E-state index contributed by atoms with van der Waals surface area (Å²) in [6.07, 6.45) is 0.184. The van der Waals surface area contributed by atoms with Gasteiger partial charge in [-0.15, -0.1) is 0 Å². The largest absolute Gasteiger partial charge is 0.426 e. The van der Waals surface area contributed by atoms with Gasteiger partial charge in [-0.25, -0.2) is 0 Å². The molecule has 0 spiro atoms. The average molecular weight is 281 g/mol. The van der Waals surface area contributed by atoms with Crippen LogP contribution in [-0.4, -0.2) is 5.97 Å². The van der Waals surface area contributed by atoms with E-state index in [9.17, 15) is 4.79 Å². The van der Waals surface area contributed by atoms with Crippen molar-refractivity contribution in [2.75, 3.05) is 0 Å². The van der Waals surface area contributed by atoms with E-state index in [0.717, 1.165) is 5.56 Å². The summed E-state index contributed by atoms with van der Waals surface area (Å²) in [5, 5.41) is 1.21. The fraction of sp³-hybridized carbons (Fsp3) is 0.0714. The topological polar surface area (TPSA) is 26.3 Å². The summed E-state index contributed by atoms with van der Waals surface area (Å²) in [6, 6.07) is 13.8. The first kappa shape index (κ1) is 12.9. The molecule has 0 aliphatic heterocycles. The van der Waals surface area contributed by atoms with Crippen molar-refractivity contribution in [2.24, 2.45) is 0 Å². The van der Waals surface area contributed by atoms with E-state index in [1.54, 1.807) is 42.5 Å². The van der Waals surface area contributed by atoms with Crippen LogP contribution in [0.3, 0.4) is 0 Å². The van der Waals surface area contributed by atoms with E-state index in [-0.39, 0.29) is 12.4 Å². The van der Waals surface area contributed by atoms with Crippen LogP contribution in [0.1, 0.15) is 5.56 Å². The van der Waals surface area contributed by atoms with Crippen molar-refractivity contribution >= 4 is 29.2 Å². The van der Waals surface area contributed by atoms with Crippen LogP contribution in [0.2, 0.25) is 10.0 Å². The molecular weight excluding hydrogens is 271 g/mol. The highest BCUT2D eigenvalue weighted by molar-refractivity contribution is 6.30. The maximum Gasteiger partial charge on any atom is 0.315 e. The Balaban J connectivity index is 1.98. The Hall–Kier alpha value is -1.51. The van der Waals surface area contributed by atoms with Crippen molar-refractivity contribution in [1.29, 1.82) is 0 Å². The molecule has 0 heterocycles. The zero-order valence-corrected chi connectivity index (χ0v) is 10.9. The lowest BCUT2D eigenvalue weighted by Crippen LogP contribution is -2.11. The molecule has 0 atom stereocenters. The number of esters is 1. The van der Waals surface area contributed by atoms with E-state index in [0.29, 0.717) is 15.8 Å². The van der Waals surface area contributed by atoms with E-state index >= 15 is 0 Å². The van der Waals surface area contributed by atoms with Gasteiger partial charge in [0.15, 0.2) is 0 Å². The molecule has 2 aromatic rings. The Morgan fingerprint density at radius 2 is 1.72 bits per heavy atom. The molecule has 92 valence electrons. The molecule has 0 aromatic heterocycles. The second kappa shape index (κ2) is 5.89. The van der Waals surface area contributed by atoms with Crippen LogP contribution in [0, 0.1) is 0 Å². The lowest BCUT2D eigenvalue weighted by molar-refractivity contribution is -0.133. The molecule has 4 heteroatoms. The Kier molecular flexibility index (Phi) is 4.24. The van der Waals surface area contributed by atoms with Crippen LogP contribution in [0.25, 0.3) is 0 Å². The summed E-state index contributed by atoms with van der Waals surface area (Å²) in [7, 11) is 0. The quantitative estimate of drug-likeness (QED) is 0.624. The average Bonchev–Trinajstić information content (AvgIpc) is 2.32. The summed E-state index contributed by atoms with van der Waals surface area (Å²) in [6.45, 7) is 0. The standard InChI is InChI=1S/C14H10Cl2O2/c15-11-4-6-13(7-5-11)18-14(17)9-10-2-1-3-12(16)8-10/h1-8H,9H2. The molecule has 0 aliphatic rings. The van der Waals surface area contributed by atoms with Gasteiger partial charge in [0.05, 0.1) is 6.42 Å². The number of ether oxygens (including phenoxy) is 1. The third kappa shape index (κ3) is 3.76. The highest BCUT2D eigenvalue weighted by atomic mass is 35.5. The first-order chi connectivity index (χ1) is 8.63. The van der Waals surface area contributed by atoms with Gasteiger partial charge in [0.25, 0.3) is 0 Å². The molecule has 0 unspecified atom stereocenters. The molecule has 2 rings (SSSR count). The normalized spacial score (nSPS) is 10.1. The second-order valence-corrected chi connectivity index (χ2v) is 4.61. The minimum absolute atomic E-state index is 0.184. The molecule has 0 radical (unpaired) electrons. The predicted molar refractivity (Wildman–Crippen MR) is 72.2 cm³/mol. The molecule has 2 aromatic carbocycles. The summed E-state index contributed by atoms with van der Waals surface area (Å²) >= 11 is 11.6. The van der Waals surface area contributed by atoms with Gasteiger partial charge >= 0.3 is 5.97 Å². The van der Waals surface area contributed by atoms with Crippen LogP contribution in [0.15, 0.2) is 48.5 Å². The second-order valence-electron chi connectivity index (χ2n) is 3.73. The van der Waals surface area contributed by atoms with Gasteiger partial charge in [0.1, 0.15) is 5.75 Å². The minimum atomic E-state index is -0.334. The SMILES string of the molecule is O=C(Cc1cccc(Cl)c1)Oc1ccc(Cl)cc1. The van der Waals surface area contributed by atoms with Gasteiger partial charge in [0, 0.05) is 10.0 Å². The molecule has 0 N–H and O–H groups in total. The van der Waals surface area contributed by atoms with Gasteiger partial charge < -0.3 is 4.74 Å². The summed E-state index contributed by atoms with van der Waals surface area (Å²) < 4.78 is 5.17. The monoisotopic (exact) mass is 280 g/mol. The van der Waals surface area contributed by atoms with Crippen molar-refractivity contribution in [3.8, 4) is 5.75 Å². The number of rotatable bonds is 3. The van der Waals surface area contributed by atoms with Gasteiger partial charge in [0.2, 0.25) is 0 Å². The first-order valence-electron chi connectivity index (χ1n) is 5.34. The molecule has 0 amide bonds. The van der Waals surface area contributed by atoms with Crippen LogP contribution >= 0.6 is 23.2 Å². The number of carbonyl (C=O) groups is 1. The predicted octanol–water partition coefficient (Wildman–Crippen LogP) is 4.14. The van der Waals surface area contributed by atoms with Gasteiger partial charge in [-0.2, -0.15) is 0 Å². The summed E-state index contributed by atoms with van der Waals surface area (Å²) in [4.78, 5) is 11.7. The molecular formula is C14H10Cl2O2. The molecule has 0 bridgehead atoms. The molecule has 2 nitrogen and oxygen atoms in total. The van der Waals surface area contributed by atoms with Gasteiger partial charge in [-0.3, -0.25) is 4.79 Å². The van der Waals surface area contributed by atoms with Crippen molar-refractivity contribution in [3.63, 3.8) is 0 Å². The van der Waals surface area contributed by atoms with E-state index in [2.05, 4.69) is 0 Å². The van der Waals surface area contributed by atoms with Gasteiger partial charge in [-0.1, -0.05) is 35.3 Å². The minimum Gasteiger partial charge on any atom is -0.426 e. The molecule has 0 aliphatic carbocycles. The third-order valence-electron chi connectivity index (χ3n) is 2.28. The van der Waals surface area contributed by atoms with Gasteiger partial charge in [-0.05, 0) is 42.0 Å². The summed E-state index contributed by atoms with van der Waals surface area (Å²) in [5.41, 5.74) is 0.821. The number of carbonyl (C=O) groups excluding carboxylic acids is 1. The van der Waals surface area contributed by atoms with E-state index in [1.165, 1.54) is 0 Å². The lowest BCUT2D eigenvalue weighted by Gasteiger charge is -2.04. The fourth-order valence-electron chi connectivity index (χ4n) is 1.48. The Morgan fingerprint density at radius 3 is 2.39 bits per heavy atom. The molecule has 0 fully saturated rings. The Morgan fingerprint density at radius 1 is 1.00 bits per heavy atom. The van der Waals surface area contributed by atoms with Crippen LogP contribution in [-0.2, 0) is 11.2 Å². The molecule has 18 heavy (non-hydrogen) atoms. The van der Waals surface area contributed by atoms with Crippen LogP contribution < -0.4 is 4.74 Å². The van der Waals surface area contributed by atoms with E-state index in [4.69, 9.17) is 27.9 Å². The smallest absolute Gasteiger partial charge is 0.315 e. The Labute approximate surface area is 115 Å². The zero-order valence-electron chi connectivity index (χ0n) is 9.40. The van der Waals surface area contributed by atoms with Crippen LogP contribution in [0.4, 0.5) is 0 Å². The van der Waals surface area contributed by atoms with E-state index < -0.39 is 0 Å². The first-order valence-corrected chi connectivity index (χ1v) is 6.10. The van der Waals surface area contributed by atoms with Crippen molar-refractivity contribution < 1.29 is 9.53 Å². The van der Waals surface area contributed by atoms with Crippen molar-refractivity contribution in [3.05, 3.63) is 64.1 Å². The fourth-order valence-corrected chi connectivity index (χ4v) is 1.82. The molecule has 0 saturated carbocycles. The van der Waals surface area contributed by atoms with E-state index in [1.807, 2.05) is 6.07 Å². The highest BCUT2D eigenvalue weighted by Gasteiger charge is 2.06. The maximum absolute atomic E-state index is 11.7. The number of hydrogen-bond acceptors (Lipinski definition) is 2. The maximum atomic E-state index is 11.7. The lowest BCUT2D eigenvalue weighted by atomic mass is 10.1. The number of halogens is 2. The van der Waals surface area contributed by atoms with Crippen molar-refractivity contribution in [2.45, 2.75) is 6.42 Å². The summed E-state index contributed by atoms with van der Waals surface area (Å²) in [5.74, 6) is 0.144. The Bertz CT molecular complexity index is 550. The third-order valence-corrected chi connectivity index (χ3v) is 2.77. The highest BCUT2D eigenvalue weighted by Crippen LogP contribution is 2.17. The molecule has 0 saturated heterocycles. The van der Waals surface area contributed by atoms with Crippen LogP contribution in [0.5, 0.6) is 5.75 Å². The number of benzene rings is 2. The van der Waals surface area contributed by atoms with Crippen molar-refractivity contribution in [1.82, 2.24) is 0 Å².